The number of hydroxylamine groups is 1. The molecule has 3 aromatic rings. The zero-order valence-corrected chi connectivity index (χ0v) is 17.0. The summed E-state index contributed by atoms with van der Waals surface area (Å²) in [6.45, 7) is 0. The summed E-state index contributed by atoms with van der Waals surface area (Å²) in [6, 6.07) is 14.1. The molecule has 0 aromatic heterocycles. The van der Waals surface area contributed by atoms with Gasteiger partial charge >= 0.3 is 6.03 Å². The molecule has 0 fully saturated rings. The van der Waals surface area contributed by atoms with Crippen molar-refractivity contribution < 1.29 is 28.4 Å². The third-order valence-electron chi connectivity index (χ3n) is 5.17. The molecule has 0 aliphatic carbocycles. The van der Waals surface area contributed by atoms with Crippen LogP contribution in [0.15, 0.2) is 66.7 Å². The first kappa shape index (κ1) is 21.9. The normalized spacial score (nSPS) is 14.8. The van der Waals surface area contributed by atoms with E-state index in [1.807, 2.05) is 0 Å². The van der Waals surface area contributed by atoms with Crippen LogP contribution < -0.4 is 21.0 Å². The smallest absolute Gasteiger partial charge is 0.322 e. The Labute approximate surface area is 186 Å². The van der Waals surface area contributed by atoms with Gasteiger partial charge in [0.2, 0.25) is 5.91 Å². The van der Waals surface area contributed by atoms with Crippen LogP contribution in [0.4, 0.5) is 30.6 Å². The molecular weight excluding hydrogens is 434 g/mol. The van der Waals surface area contributed by atoms with Crippen molar-refractivity contribution in [2.24, 2.45) is 0 Å². The number of fused-ring (bicyclic) bond motifs is 1. The predicted octanol–water partition coefficient (Wildman–Crippen LogP) is 3.69. The Hall–Kier alpha value is -4.31. The Bertz CT molecular complexity index is 1230. The maximum Gasteiger partial charge on any atom is 0.327 e. The number of hydrogen-bond donors (Lipinski definition) is 4. The fourth-order valence-electron chi connectivity index (χ4n) is 3.57. The van der Waals surface area contributed by atoms with Gasteiger partial charge < -0.3 is 10.6 Å². The Morgan fingerprint density at radius 1 is 1.00 bits per heavy atom. The van der Waals surface area contributed by atoms with Gasteiger partial charge in [0.25, 0.3) is 5.91 Å². The first-order valence-electron chi connectivity index (χ1n) is 9.86. The van der Waals surface area contributed by atoms with Gasteiger partial charge in [-0.2, -0.15) is 0 Å². The average Bonchev–Trinajstić information content (AvgIpc) is 2.81. The van der Waals surface area contributed by atoms with Crippen LogP contribution in [0.5, 0.6) is 0 Å². The first-order valence-corrected chi connectivity index (χ1v) is 9.86. The summed E-state index contributed by atoms with van der Waals surface area (Å²) in [5, 5.41) is 14.1. The van der Waals surface area contributed by atoms with Crippen LogP contribution in [0.3, 0.4) is 0 Å². The van der Waals surface area contributed by atoms with Crippen molar-refractivity contribution in [1.82, 2.24) is 5.48 Å². The molecule has 10 heteroatoms. The number of nitrogens with one attached hydrogen (secondary N) is 3. The zero-order chi connectivity index (χ0) is 23.5. The van der Waals surface area contributed by atoms with Gasteiger partial charge in [0.1, 0.15) is 6.04 Å². The minimum Gasteiger partial charge on any atom is -0.322 e. The molecule has 1 unspecified atom stereocenters. The van der Waals surface area contributed by atoms with E-state index in [9.17, 15) is 23.2 Å². The summed E-state index contributed by atoms with van der Waals surface area (Å²) in [4.78, 5) is 38.9. The number of amides is 4. The zero-order valence-electron chi connectivity index (χ0n) is 17.0. The van der Waals surface area contributed by atoms with Crippen molar-refractivity contribution in [3.63, 3.8) is 0 Å². The molecule has 0 spiro atoms. The van der Waals surface area contributed by atoms with Gasteiger partial charge in [-0.15, -0.1) is 0 Å². The lowest BCUT2D eigenvalue weighted by atomic mass is 10.00. The van der Waals surface area contributed by atoms with E-state index in [0.29, 0.717) is 22.6 Å². The molecule has 0 saturated carbocycles. The fourth-order valence-corrected chi connectivity index (χ4v) is 3.57. The molecule has 1 heterocycles. The lowest BCUT2D eigenvalue weighted by Crippen LogP contribution is -2.53. The number of hydrogen-bond acceptors (Lipinski definition) is 4. The monoisotopic (exact) mass is 452 g/mol. The van der Waals surface area contributed by atoms with Crippen molar-refractivity contribution in [1.29, 1.82) is 0 Å². The van der Waals surface area contributed by atoms with Crippen LogP contribution in [0, 0.1) is 11.6 Å². The lowest BCUT2D eigenvalue weighted by molar-refractivity contribution is -0.117. The number of urea groups is 1. The molecule has 168 valence electrons. The second-order valence-electron chi connectivity index (χ2n) is 7.29. The Morgan fingerprint density at radius 2 is 1.73 bits per heavy atom. The van der Waals surface area contributed by atoms with Crippen molar-refractivity contribution in [3.8, 4) is 0 Å². The summed E-state index contributed by atoms with van der Waals surface area (Å²) in [5.74, 6) is -3.25. The molecule has 1 atom stereocenters. The third-order valence-corrected chi connectivity index (χ3v) is 5.17. The Morgan fingerprint density at radius 3 is 2.42 bits per heavy atom. The summed E-state index contributed by atoms with van der Waals surface area (Å²) in [5.41, 5.74) is 3.22. The van der Waals surface area contributed by atoms with E-state index in [4.69, 9.17) is 5.21 Å². The first-order chi connectivity index (χ1) is 15.9. The molecular formula is C23H18F2N4O4. The Kier molecular flexibility index (Phi) is 6.01. The molecule has 8 nitrogen and oxygen atoms in total. The number of para-hydroxylation sites is 2. The molecule has 0 saturated heterocycles. The largest absolute Gasteiger partial charge is 0.327 e. The minimum absolute atomic E-state index is 0.0552. The fraction of sp³-hybridized carbons (Fsp3) is 0.0870. The summed E-state index contributed by atoms with van der Waals surface area (Å²) < 4.78 is 27.0. The van der Waals surface area contributed by atoms with Crippen LogP contribution in [0.25, 0.3) is 0 Å². The quantitative estimate of drug-likeness (QED) is 0.357. The van der Waals surface area contributed by atoms with E-state index in [2.05, 4.69) is 10.6 Å². The number of halogens is 2. The van der Waals surface area contributed by atoms with Gasteiger partial charge in [0.15, 0.2) is 11.6 Å². The predicted molar refractivity (Wildman–Crippen MR) is 116 cm³/mol. The summed E-state index contributed by atoms with van der Waals surface area (Å²) in [7, 11) is 0. The van der Waals surface area contributed by atoms with Crippen molar-refractivity contribution in [2.45, 2.75) is 12.5 Å². The summed E-state index contributed by atoms with van der Waals surface area (Å²) >= 11 is 0. The molecule has 1 aliphatic rings. The highest BCUT2D eigenvalue weighted by atomic mass is 19.2. The molecule has 4 rings (SSSR count). The van der Waals surface area contributed by atoms with Gasteiger partial charge in [-0.05, 0) is 54.1 Å². The Balaban J connectivity index is 1.64. The number of carbonyl (C=O) groups is 3. The van der Waals surface area contributed by atoms with Gasteiger partial charge in [0.05, 0.1) is 11.4 Å². The van der Waals surface area contributed by atoms with Crippen molar-refractivity contribution >= 4 is 34.9 Å². The van der Waals surface area contributed by atoms with Gasteiger partial charge in [0, 0.05) is 17.7 Å². The van der Waals surface area contributed by atoms with Crippen LogP contribution in [0.1, 0.15) is 15.9 Å². The van der Waals surface area contributed by atoms with E-state index < -0.39 is 35.5 Å². The van der Waals surface area contributed by atoms with E-state index in [1.165, 1.54) is 40.7 Å². The van der Waals surface area contributed by atoms with Crippen LogP contribution in [0.2, 0.25) is 0 Å². The standard InChI is InChI=1S/C23H18F2N4O4/c24-16-10-5-13(11-17(16)25)12-20-22(31)27-18-3-1-2-4-19(18)29(20)23(32)26-15-8-6-14(7-9-15)21(30)28-33/h1-11,20,33H,12H2,(H,26,32)(H,27,31)(H,28,30). The summed E-state index contributed by atoms with van der Waals surface area (Å²) in [6.07, 6.45) is -0.0552. The second kappa shape index (κ2) is 9.05. The van der Waals surface area contributed by atoms with Crippen LogP contribution in [-0.4, -0.2) is 29.1 Å². The average molecular weight is 452 g/mol. The van der Waals surface area contributed by atoms with Gasteiger partial charge in [-0.1, -0.05) is 18.2 Å². The molecule has 0 bridgehead atoms. The number of carbonyl (C=O) groups excluding carboxylic acids is 3. The highest BCUT2D eigenvalue weighted by Crippen LogP contribution is 2.33. The SMILES string of the molecule is O=C(NO)c1ccc(NC(=O)N2c3ccccc3NC(=O)C2Cc2ccc(F)c(F)c2)cc1. The number of anilines is 3. The highest BCUT2D eigenvalue weighted by molar-refractivity contribution is 6.14. The van der Waals surface area contributed by atoms with Crippen LogP contribution in [-0.2, 0) is 11.2 Å². The highest BCUT2D eigenvalue weighted by Gasteiger charge is 2.37. The number of nitrogens with zero attached hydrogens (tertiary/aromatic N) is 1. The van der Waals surface area contributed by atoms with Gasteiger partial charge in [-0.25, -0.2) is 19.1 Å². The van der Waals surface area contributed by atoms with E-state index in [-0.39, 0.29) is 12.0 Å². The van der Waals surface area contributed by atoms with Crippen LogP contribution >= 0.6 is 0 Å². The van der Waals surface area contributed by atoms with E-state index in [1.54, 1.807) is 24.3 Å². The third kappa shape index (κ3) is 4.51. The molecule has 0 radical (unpaired) electrons. The molecule has 33 heavy (non-hydrogen) atoms. The number of benzene rings is 3. The second-order valence-corrected chi connectivity index (χ2v) is 7.29. The molecule has 4 N–H and O–H groups in total. The molecule has 4 amide bonds. The maximum atomic E-state index is 13.7. The lowest BCUT2D eigenvalue weighted by Gasteiger charge is -2.36. The van der Waals surface area contributed by atoms with E-state index in [0.717, 1.165) is 12.1 Å². The number of rotatable bonds is 4. The van der Waals surface area contributed by atoms with Gasteiger partial charge in [-0.3, -0.25) is 19.7 Å². The topological polar surface area (TPSA) is 111 Å². The van der Waals surface area contributed by atoms with Crippen molar-refractivity contribution in [3.05, 3.63) is 89.5 Å². The molecule has 3 aromatic carbocycles. The maximum absolute atomic E-state index is 13.7. The minimum atomic E-state index is -1.05. The van der Waals surface area contributed by atoms with E-state index >= 15 is 0 Å². The van der Waals surface area contributed by atoms with Crippen molar-refractivity contribution in [2.75, 3.05) is 15.5 Å². The molecule has 1 aliphatic heterocycles.